The molecular formula is C7H8BrNO. The van der Waals surface area contributed by atoms with Crippen LogP contribution in [0.4, 0.5) is 0 Å². The Hall–Kier alpha value is -0.570. The monoisotopic (exact) mass is 201 g/mol. The average molecular weight is 202 g/mol. The highest BCUT2D eigenvalue weighted by molar-refractivity contribution is 9.09. The van der Waals surface area contributed by atoms with Gasteiger partial charge in [-0.05, 0) is 12.1 Å². The second-order valence-corrected chi connectivity index (χ2v) is 2.51. The van der Waals surface area contributed by atoms with Gasteiger partial charge in [-0.15, -0.1) is 0 Å². The lowest BCUT2D eigenvalue weighted by Crippen LogP contribution is -1.96. The van der Waals surface area contributed by atoms with E-state index in [0.717, 1.165) is 11.1 Å². The molecule has 0 saturated carbocycles. The summed E-state index contributed by atoms with van der Waals surface area (Å²) in [6, 6.07) is 3.67. The normalized spacial score (nSPS) is 9.30. The summed E-state index contributed by atoms with van der Waals surface area (Å²) in [5, 5.41) is 0.856. The van der Waals surface area contributed by atoms with Crippen LogP contribution in [0.5, 0.6) is 5.75 Å². The predicted octanol–water partition coefficient (Wildman–Crippen LogP) is 1.86. The van der Waals surface area contributed by atoms with Crippen LogP contribution in [-0.2, 0) is 0 Å². The molecule has 0 aliphatic heterocycles. The van der Waals surface area contributed by atoms with Crippen LogP contribution in [0.1, 0.15) is 0 Å². The molecule has 0 spiro atoms. The Labute approximate surface area is 68.4 Å². The SMILES string of the molecule is BrCCOc1ccncc1. The lowest BCUT2D eigenvalue weighted by Gasteiger charge is -2.00. The van der Waals surface area contributed by atoms with Crippen LogP contribution in [0.3, 0.4) is 0 Å². The van der Waals surface area contributed by atoms with Crippen LogP contribution in [0.2, 0.25) is 0 Å². The fourth-order valence-corrected chi connectivity index (χ4v) is 0.753. The van der Waals surface area contributed by atoms with Gasteiger partial charge in [0.05, 0.1) is 6.61 Å². The van der Waals surface area contributed by atoms with E-state index in [1.165, 1.54) is 0 Å². The molecule has 0 saturated heterocycles. The molecule has 0 radical (unpaired) electrons. The van der Waals surface area contributed by atoms with E-state index >= 15 is 0 Å². The van der Waals surface area contributed by atoms with Crippen molar-refractivity contribution in [2.45, 2.75) is 0 Å². The Bertz CT molecular complexity index is 178. The zero-order valence-corrected chi connectivity index (χ0v) is 7.04. The van der Waals surface area contributed by atoms with Gasteiger partial charge in [-0.2, -0.15) is 0 Å². The Morgan fingerprint density at radius 1 is 1.40 bits per heavy atom. The first-order valence-corrected chi connectivity index (χ1v) is 4.14. The summed E-state index contributed by atoms with van der Waals surface area (Å²) in [5.74, 6) is 0.870. The Morgan fingerprint density at radius 3 is 2.70 bits per heavy atom. The number of rotatable bonds is 3. The third-order valence-electron chi connectivity index (χ3n) is 0.996. The van der Waals surface area contributed by atoms with Crippen LogP contribution < -0.4 is 4.74 Å². The molecule has 0 aliphatic rings. The topological polar surface area (TPSA) is 22.1 Å². The van der Waals surface area contributed by atoms with Crippen molar-refractivity contribution in [3.8, 4) is 5.75 Å². The molecule has 0 amide bonds. The highest BCUT2D eigenvalue weighted by Crippen LogP contribution is 2.06. The molecular weight excluding hydrogens is 194 g/mol. The van der Waals surface area contributed by atoms with Crippen molar-refractivity contribution < 1.29 is 4.74 Å². The van der Waals surface area contributed by atoms with Crippen molar-refractivity contribution in [3.05, 3.63) is 24.5 Å². The van der Waals surface area contributed by atoms with Crippen molar-refractivity contribution >= 4 is 15.9 Å². The largest absolute Gasteiger partial charge is 0.493 e. The van der Waals surface area contributed by atoms with Gasteiger partial charge in [-0.25, -0.2) is 0 Å². The molecule has 1 heterocycles. The minimum Gasteiger partial charge on any atom is -0.493 e. The van der Waals surface area contributed by atoms with E-state index in [2.05, 4.69) is 20.9 Å². The fourth-order valence-electron chi connectivity index (χ4n) is 0.591. The summed E-state index contributed by atoms with van der Waals surface area (Å²) in [5.41, 5.74) is 0. The molecule has 10 heavy (non-hydrogen) atoms. The van der Waals surface area contributed by atoms with E-state index in [1.807, 2.05) is 12.1 Å². The van der Waals surface area contributed by atoms with Crippen LogP contribution in [0.15, 0.2) is 24.5 Å². The number of alkyl halides is 1. The van der Waals surface area contributed by atoms with Crippen molar-refractivity contribution in [2.75, 3.05) is 11.9 Å². The van der Waals surface area contributed by atoms with E-state index < -0.39 is 0 Å². The number of nitrogens with zero attached hydrogens (tertiary/aromatic N) is 1. The molecule has 3 heteroatoms. The molecule has 0 bridgehead atoms. The summed E-state index contributed by atoms with van der Waals surface area (Å²) in [6.07, 6.45) is 3.42. The van der Waals surface area contributed by atoms with E-state index in [0.29, 0.717) is 6.61 Å². The quantitative estimate of drug-likeness (QED) is 0.698. The van der Waals surface area contributed by atoms with Gasteiger partial charge >= 0.3 is 0 Å². The predicted molar refractivity (Wildman–Crippen MR) is 43.5 cm³/mol. The Morgan fingerprint density at radius 2 is 2.10 bits per heavy atom. The minimum atomic E-state index is 0.698. The smallest absolute Gasteiger partial charge is 0.122 e. The molecule has 0 aliphatic carbocycles. The van der Waals surface area contributed by atoms with Crippen molar-refractivity contribution in [2.24, 2.45) is 0 Å². The summed E-state index contributed by atoms with van der Waals surface area (Å²) in [4.78, 5) is 3.86. The maximum Gasteiger partial charge on any atom is 0.122 e. The minimum absolute atomic E-state index is 0.698. The first-order valence-electron chi connectivity index (χ1n) is 3.02. The standard InChI is InChI=1S/C7H8BrNO/c8-3-6-10-7-1-4-9-5-2-7/h1-2,4-5H,3,6H2. The molecule has 0 atom stereocenters. The first kappa shape index (κ1) is 7.54. The van der Waals surface area contributed by atoms with E-state index in [9.17, 15) is 0 Å². The summed E-state index contributed by atoms with van der Waals surface area (Å²) in [7, 11) is 0. The van der Waals surface area contributed by atoms with Gasteiger partial charge in [-0.1, -0.05) is 15.9 Å². The van der Waals surface area contributed by atoms with Gasteiger partial charge in [0.1, 0.15) is 5.75 Å². The number of hydrogen-bond acceptors (Lipinski definition) is 2. The lowest BCUT2D eigenvalue weighted by atomic mass is 10.5. The molecule has 2 nitrogen and oxygen atoms in total. The number of ether oxygens (including phenoxy) is 1. The number of halogens is 1. The van der Waals surface area contributed by atoms with E-state index in [4.69, 9.17) is 4.74 Å². The molecule has 0 N–H and O–H groups in total. The van der Waals surface area contributed by atoms with Gasteiger partial charge in [0.2, 0.25) is 0 Å². The lowest BCUT2D eigenvalue weighted by molar-refractivity contribution is 0.344. The Balaban J connectivity index is 2.43. The molecule has 0 aromatic carbocycles. The van der Waals surface area contributed by atoms with Crippen molar-refractivity contribution in [1.29, 1.82) is 0 Å². The fraction of sp³-hybridized carbons (Fsp3) is 0.286. The van der Waals surface area contributed by atoms with E-state index in [1.54, 1.807) is 12.4 Å². The molecule has 0 unspecified atom stereocenters. The van der Waals surface area contributed by atoms with Crippen LogP contribution in [0, 0.1) is 0 Å². The number of hydrogen-bond donors (Lipinski definition) is 0. The second-order valence-electron chi connectivity index (χ2n) is 1.72. The summed E-state index contributed by atoms with van der Waals surface area (Å²) in [6.45, 7) is 0.698. The highest BCUT2D eigenvalue weighted by atomic mass is 79.9. The molecule has 1 aromatic rings. The van der Waals surface area contributed by atoms with Gasteiger partial charge in [0.15, 0.2) is 0 Å². The van der Waals surface area contributed by atoms with Crippen molar-refractivity contribution in [3.63, 3.8) is 0 Å². The van der Waals surface area contributed by atoms with Crippen LogP contribution >= 0.6 is 15.9 Å². The van der Waals surface area contributed by atoms with Gasteiger partial charge in [0, 0.05) is 17.7 Å². The van der Waals surface area contributed by atoms with Crippen molar-refractivity contribution in [1.82, 2.24) is 4.98 Å². The maximum absolute atomic E-state index is 5.27. The number of aromatic nitrogens is 1. The molecule has 1 rings (SSSR count). The molecule has 1 aromatic heterocycles. The van der Waals surface area contributed by atoms with Gasteiger partial charge in [0.25, 0.3) is 0 Å². The summed E-state index contributed by atoms with van der Waals surface area (Å²) >= 11 is 3.27. The third-order valence-corrected chi connectivity index (χ3v) is 1.32. The average Bonchev–Trinajstić information content (AvgIpc) is 2.03. The van der Waals surface area contributed by atoms with Crippen LogP contribution in [0.25, 0.3) is 0 Å². The summed E-state index contributed by atoms with van der Waals surface area (Å²) < 4.78 is 5.27. The number of pyridine rings is 1. The Kier molecular flexibility index (Phi) is 3.22. The maximum atomic E-state index is 5.27. The highest BCUT2D eigenvalue weighted by Gasteiger charge is 1.87. The van der Waals surface area contributed by atoms with Gasteiger partial charge in [-0.3, -0.25) is 4.98 Å². The van der Waals surface area contributed by atoms with Crippen LogP contribution in [-0.4, -0.2) is 16.9 Å². The zero-order valence-electron chi connectivity index (χ0n) is 5.46. The third kappa shape index (κ3) is 2.35. The molecule has 54 valence electrons. The van der Waals surface area contributed by atoms with E-state index in [-0.39, 0.29) is 0 Å². The molecule has 0 fully saturated rings. The second kappa shape index (κ2) is 4.28. The zero-order chi connectivity index (χ0) is 7.23. The first-order chi connectivity index (χ1) is 4.93. The van der Waals surface area contributed by atoms with Gasteiger partial charge < -0.3 is 4.74 Å².